The average molecular weight is 337 g/mol. The van der Waals surface area contributed by atoms with Crippen molar-refractivity contribution in [2.75, 3.05) is 12.4 Å². The molecule has 0 spiro atoms. The summed E-state index contributed by atoms with van der Waals surface area (Å²) in [6.45, 7) is 2.11. The second kappa shape index (κ2) is 7.53. The SMILES string of the molecule is COc1cccc(NC(=O)NCc2nc(-c3ccccc3)oc2C)c1. The van der Waals surface area contributed by atoms with Crippen molar-refractivity contribution >= 4 is 11.7 Å². The lowest BCUT2D eigenvalue weighted by atomic mass is 10.2. The molecule has 0 saturated carbocycles. The number of ether oxygens (including phenoxy) is 1. The number of carbonyl (C=O) groups excluding carboxylic acids is 1. The van der Waals surface area contributed by atoms with Crippen molar-refractivity contribution in [3.05, 3.63) is 66.1 Å². The number of urea groups is 1. The Labute approximate surface area is 145 Å². The van der Waals surface area contributed by atoms with Crippen molar-refractivity contribution < 1.29 is 13.9 Å². The van der Waals surface area contributed by atoms with Crippen LogP contribution >= 0.6 is 0 Å². The van der Waals surface area contributed by atoms with E-state index in [0.29, 0.717) is 28.8 Å². The van der Waals surface area contributed by atoms with Gasteiger partial charge >= 0.3 is 6.03 Å². The van der Waals surface area contributed by atoms with Gasteiger partial charge in [0.1, 0.15) is 17.2 Å². The number of amides is 2. The molecule has 2 N–H and O–H groups in total. The van der Waals surface area contributed by atoms with E-state index in [1.54, 1.807) is 19.2 Å². The second-order valence-electron chi connectivity index (χ2n) is 5.43. The van der Waals surface area contributed by atoms with Gasteiger partial charge in [-0.2, -0.15) is 0 Å². The number of benzene rings is 2. The Bertz CT molecular complexity index is 859. The number of aromatic nitrogens is 1. The van der Waals surface area contributed by atoms with Crippen LogP contribution in [0.5, 0.6) is 5.75 Å². The van der Waals surface area contributed by atoms with E-state index in [1.165, 1.54) is 0 Å². The van der Waals surface area contributed by atoms with Gasteiger partial charge in [-0.3, -0.25) is 0 Å². The lowest BCUT2D eigenvalue weighted by Gasteiger charge is -2.08. The topological polar surface area (TPSA) is 76.4 Å². The van der Waals surface area contributed by atoms with Crippen LogP contribution in [0.4, 0.5) is 10.5 Å². The van der Waals surface area contributed by atoms with Gasteiger partial charge < -0.3 is 19.8 Å². The van der Waals surface area contributed by atoms with Crippen LogP contribution < -0.4 is 15.4 Å². The van der Waals surface area contributed by atoms with E-state index in [2.05, 4.69) is 15.6 Å². The van der Waals surface area contributed by atoms with Crippen LogP contribution in [0.3, 0.4) is 0 Å². The number of hydrogen-bond donors (Lipinski definition) is 2. The van der Waals surface area contributed by atoms with Crippen molar-refractivity contribution in [3.8, 4) is 17.2 Å². The molecule has 1 aromatic heterocycles. The normalized spacial score (nSPS) is 10.3. The molecule has 0 radical (unpaired) electrons. The molecule has 0 aliphatic carbocycles. The average Bonchev–Trinajstić information content (AvgIpc) is 3.02. The van der Waals surface area contributed by atoms with Gasteiger partial charge in [-0.25, -0.2) is 9.78 Å². The third-order valence-electron chi connectivity index (χ3n) is 3.66. The number of oxazole rings is 1. The number of anilines is 1. The smallest absolute Gasteiger partial charge is 0.319 e. The highest BCUT2D eigenvalue weighted by atomic mass is 16.5. The van der Waals surface area contributed by atoms with Gasteiger partial charge in [-0.05, 0) is 31.2 Å². The predicted octanol–water partition coefficient (Wildman–Crippen LogP) is 3.98. The van der Waals surface area contributed by atoms with E-state index in [1.807, 2.05) is 49.4 Å². The highest BCUT2D eigenvalue weighted by molar-refractivity contribution is 5.89. The Balaban J connectivity index is 1.61. The van der Waals surface area contributed by atoms with Crippen molar-refractivity contribution in [2.24, 2.45) is 0 Å². The molecule has 0 atom stereocenters. The number of aryl methyl sites for hydroxylation is 1. The number of hydrogen-bond acceptors (Lipinski definition) is 4. The van der Waals surface area contributed by atoms with Gasteiger partial charge in [0, 0.05) is 17.3 Å². The summed E-state index contributed by atoms with van der Waals surface area (Å²) >= 11 is 0. The van der Waals surface area contributed by atoms with Gasteiger partial charge in [0.15, 0.2) is 0 Å². The summed E-state index contributed by atoms with van der Waals surface area (Å²) in [6, 6.07) is 16.5. The molecule has 6 nitrogen and oxygen atoms in total. The number of carbonyl (C=O) groups is 1. The highest BCUT2D eigenvalue weighted by Crippen LogP contribution is 2.21. The molecule has 0 fully saturated rings. The highest BCUT2D eigenvalue weighted by Gasteiger charge is 2.12. The van der Waals surface area contributed by atoms with E-state index in [-0.39, 0.29) is 12.6 Å². The molecule has 2 aromatic carbocycles. The zero-order chi connectivity index (χ0) is 17.6. The minimum atomic E-state index is -0.322. The maximum atomic E-state index is 12.1. The van der Waals surface area contributed by atoms with Gasteiger partial charge in [-0.15, -0.1) is 0 Å². The zero-order valence-corrected chi connectivity index (χ0v) is 14.1. The molecule has 0 saturated heterocycles. The fourth-order valence-electron chi connectivity index (χ4n) is 2.34. The Morgan fingerprint density at radius 2 is 1.96 bits per heavy atom. The monoisotopic (exact) mass is 337 g/mol. The minimum absolute atomic E-state index is 0.276. The van der Waals surface area contributed by atoms with Crippen molar-refractivity contribution in [1.82, 2.24) is 10.3 Å². The molecule has 1 heterocycles. The summed E-state index contributed by atoms with van der Waals surface area (Å²) in [5.74, 6) is 1.90. The number of methoxy groups -OCH3 is 1. The van der Waals surface area contributed by atoms with Crippen LogP contribution in [0.1, 0.15) is 11.5 Å². The van der Waals surface area contributed by atoms with E-state index in [0.717, 1.165) is 5.56 Å². The Morgan fingerprint density at radius 3 is 2.72 bits per heavy atom. The molecule has 6 heteroatoms. The van der Waals surface area contributed by atoms with Gasteiger partial charge in [0.25, 0.3) is 0 Å². The molecule has 0 unspecified atom stereocenters. The largest absolute Gasteiger partial charge is 0.497 e. The first kappa shape index (κ1) is 16.6. The van der Waals surface area contributed by atoms with E-state index in [4.69, 9.17) is 9.15 Å². The van der Waals surface area contributed by atoms with Crippen LogP contribution in [0.25, 0.3) is 11.5 Å². The minimum Gasteiger partial charge on any atom is -0.497 e. The van der Waals surface area contributed by atoms with Crippen molar-refractivity contribution in [1.29, 1.82) is 0 Å². The third kappa shape index (κ3) is 4.17. The molecule has 2 amide bonds. The van der Waals surface area contributed by atoms with Gasteiger partial charge in [-0.1, -0.05) is 24.3 Å². The molecule has 0 bridgehead atoms. The molecule has 0 aliphatic heterocycles. The van der Waals surface area contributed by atoms with E-state index in [9.17, 15) is 4.79 Å². The molecule has 3 aromatic rings. The van der Waals surface area contributed by atoms with Crippen LogP contribution in [-0.4, -0.2) is 18.1 Å². The molecule has 128 valence electrons. The summed E-state index contributed by atoms with van der Waals surface area (Å²) in [4.78, 5) is 16.5. The fraction of sp³-hybridized carbons (Fsp3) is 0.158. The van der Waals surface area contributed by atoms with Crippen LogP contribution in [0.2, 0.25) is 0 Å². The maximum Gasteiger partial charge on any atom is 0.319 e. The Hall–Kier alpha value is -3.28. The quantitative estimate of drug-likeness (QED) is 0.738. The third-order valence-corrected chi connectivity index (χ3v) is 3.66. The fourth-order valence-corrected chi connectivity index (χ4v) is 2.34. The van der Waals surface area contributed by atoms with Gasteiger partial charge in [0.2, 0.25) is 5.89 Å². The van der Waals surface area contributed by atoms with E-state index >= 15 is 0 Å². The number of rotatable bonds is 5. The van der Waals surface area contributed by atoms with Crippen LogP contribution in [0.15, 0.2) is 59.0 Å². The van der Waals surface area contributed by atoms with Crippen LogP contribution in [-0.2, 0) is 6.54 Å². The van der Waals surface area contributed by atoms with E-state index < -0.39 is 0 Å². The number of nitrogens with one attached hydrogen (secondary N) is 2. The van der Waals surface area contributed by atoms with Crippen LogP contribution in [0, 0.1) is 6.92 Å². The molecule has 3 rings (SSSR count). The second-order valence-corrected chi connectivity index (χ2v) is 5.43. The molecule has 0 aliphatic rings. The summed E-state index contributed by atoms with van der Waals surface area (Å²) in [5.41, 5.74) is 2.25. The number of nitrogens with zero attached hydrogens (tertiary/aromatic N) is 1. The summed E-state index contributed by atoms with van der Waals surface area (Å²) < 4.78 is 10.8. The zero-order valence-electron chi connectivity index (χ0n) is 14.1. The lowest BCUT2D eigenvalue weighted by molar-refractivity contribution is 0.251. The van der Waals surface area contributed by atoms with Gasteiger partial charge in [0.05, 0.1) is 13.7 Å². The first-order valence-electron chi connectivity index (χ1n) is 7.86. The lowest BCUT2D eigenvalue weighted by Crippen LogP contribution is -2.28. The molecular weight excluding hydrogens is 318 g/mol. The standard InChI is InChI=1S/C19H19N3O3/c1-13-17(22-18(25-13)14-7-4-3-5-8-14)12-20-19(23)21-15-9-6-10-16(11-15)24-2/h3-11H,12H2,1-2H3,(H2,20,21,23). The Kier molecular flexibility index (Phi) is 4.99. The summed E-state index contributed by atoms with van der Waals surface area (Å²) in [5, 5.41) is 5.53. The first-order valence-corrected chi connectivity index (χ1v) is 7.86. The first-order chi connectivity index (χ1) is 12.2. The van der Waals surface area contributed by atoms with Crippen molar-refractivity contribution in [3.63, 3.8) is 0 Å². The predicted molar refractivity (Wildman–Crippen MR) is 95.5 cm³/mol. The molecule has 25 heavy (non-hydrogen) atoms. The summed E-state index contributed by atoms with van der Waals surface area (Å²) in [7, 11) is 1.58. The van der Waals surface area contributed by atoms with Crippen molar-refractivity contribution in [2.45, 2.75) is 13.5 Å². The molecular formula is C19H19N3O3. The Morgan fingerprint density at radius 1 is 1.16 bits per heavy atom. The summed E-state index contributed by atoms with van der Waals surface area (Å²) in [6.07, 6.45) is 0. The maximum absolute atomic E-state index is 12.1.